The number of nitrogens with one attached hydrogen (secondary N) is 1. The molecule has 2 unspecified atom stereocenters. The van der Waals surface area contributed by atoms with Crippen LogP contribution >= 0.6 is 0 Å². The van der Waals surface area contributed by atoms with Crippen LogP contribution in [0.25, 0.3) is 10.9 Å². The van der Waals surface area contributed by atoms with E-state index in [1.807, 2.05) is 4.90 Å². The molecule has 4 rings (SSSR count). The molecule has 0 spiro atoms. The molecule has 2 aliphatic rings. The van der Waals surface area contributed by atoms with Crippen molar-refractivity contribution in [2.45, 2.75) is 19.3 Å². The van der Waals surface area contributed by atoms with Crippen LogP contribution in [0.5, 0.6) is 0 Å². The van der Waals surface area contributed by atoms with Crippen LogP contribution in [0.3, 0.4) is 0 Å². The molecule has 1 saturated carbocycles. The maximum Gasteiger partial charge on any atom is 0.189 e. The molecule has 1 aliphatic carbocycles. The molecule has 3 nitrogen and oxygen atoms in total. The van der Waals surface area contributed by atoms with Gasteiger partial charge in [0.15, 0.2) is 11.2 Å². The van der Waals surface area contributed by atoms with Crippen molar-refractivity contribution in [3.63, 3.8) is 0 Å². The Kier molecular flexibility index (Phi) is 2.77. The van der Waals surface area contributed by atoms with Gasteiger partial charge in [-0.1, -0.05) is 6.42 Å². The fourth-order valence-corrected chi connectivity index (χ4v) is 3.94. The number of halogens is 2. The quantitative estimate of drug-likeness (QED) is 0.876. The summed E-state index contributed by atoms with van der Waals surface area (Å²) in [5.41, 5.74) is -0.263. The van der Waals surface area contributed by atoms with Gasteiger partial charge in [0.05, 0.1) is 10.9 Å². The van der Waals surface area contributed by atoms with Crippen molar-refractivity contribution in [1.82, 2.24) is 4.98 Å². The van der Waals surface area contributed by atoms with E-state index >= 15 is 0 Å². The first kappa shape index (κ1) is 12.8. The van der Waals surface area contributed by atoms with Crippen LogP contribution in [0.1, 0.15) is 19.3 Å². The molecule has 2 aromatic rings. The van der Waals surface area contributed by atoms with Crippen molar-refractivity contribution in [2.24, 2.45) is 11.8 Å². The van der Waals surface area contributed by atoms with Gasteiger partial charge in [-0.05, 0) is 30.7 Å². The molecule has 0 amide bonds. The highest BCUT2D eigenvalue weighted by molar-refractivity contribution is 5.83. The van der Waals surface area contributed by atoms with E-state index in [1.165, 1.54) is 18.7 Å². The lowest BCUT2D eigenvalue weighted by Gasteiger charge is -2.21. The van der Waals surface area contributed by atoms with Gasteiger partial charge in [-0.2, -0.15) is 0 Å². The van der Waals surface area contributed by atoms with Crippen LogP contribution in [-0.2, 0) is 0 Å². The van der Waals surface area contributed by atoms with Crippen molar-refractivity contribution in [1.29, 1.82) is 0 Å². The molecule has 1 aromatic carbocycles. The number of anilines is 1. The van der Waals surface area contributed by atoms with E-state index in [9.17, 15) is 13.6 Å². The van der Waals surface area contributed by atoms with Crippen LogP contribution in [-0.4, -0.2) is 18.1 Å². The first-order valence-corrected chi connectivity index (χ1v) is 7.39. The van der Waals surface area contributed by atoms with Gasteiger partial charge in [-0.25, -0.2) is 8.78 Å². The SMILES string of the molecule is O=c1cc[nH]c2c(F)c(N3CC4CCCC4C3)c(F)cc12. The van der Waals surface area contributed by atoms with Crippen LogP contribution in [0.4, 0.5) is 14.5 Å². The molecule has 2 atom stereocenters. The topological polar surface area (TPSA) is 36.1 Å². The number of benzene rings is 1. The molecule has 2 fully saturated rings. The molecule has 1 N–H and O–H groups in total. The summed E-state index contributed by atoms with van der Waals surface area (Å²) in [6.07, 6.45) is 4.91. The van der Waals surface area contributed by atoms with E-state index in [2.05, 4.69) is 4.98 Å². The Hall–Kier alpha value is -1.91. The van der Waals surface area contributed by atoms with E-state index in [4.69, 9.17) is 0 Å². The largest absolute Gasteiger partial charge is 0.366 e. The number of pyridine rings is 1. The number of aromatic nitrogens is 1. The molecule has 110 valence electrons. The zero-order chi connectivity index (χ0) is 14.6. The standard InChI is InChI=1S/C16H16F2N2O/c17-12-6-11-13(21)4-5-19-15(11)14(18)16(12)20-7-9-2-1-3-10(9)8-20/h4-6,9-10H,1-3,7-8H2,(H,19,21). The molecule has 5 heteroatoms. The molecule has 1 aliphatic heterocycles. The molecule has 21 heavy (non-hydrogen) atoms. The third-order valence-electron chi connectivity index (χ3n) is 4.96. The summed E-state index contributed by atoms with van der Waals surface area (Å²) in [6.45, 7) is 1.42. The van der Waals surface area contributed by atoms with Crippen molar-refractivity contribution in [3.05, 3.63) is 40.2 Å². The maximum atomic E-state index is 14.7. The lowest BCUT2D eigenvalue weighted by Crippen LogP contribution is -2.23. The Labute approximate surface area is 120 Å². The normalized spacial score (nSPS) is 24.8. The van der Waals surface area contributed by atoms with Crippen molar-refractivity contribution >= 4 is 16.6 Å². The van der Waals surface area contributed by atoms with Crippen LogP contribution < -0.4 is 10.3 Å². The number of fused-ring (bicyclic) bond motifs is 2. The molecule has 1 saturated heterocycles. The lowest BCUT2D eigenvalue weighted by molar-refractivity contribution is 0.494. The highest BCUT2D eigenvalue weighted by Gasteiger charge is 2.38. The fourth-order valence-electron chi connectivity index (χ4n) is 3.94. The second kappa shape index (κ2) is 4.55. The van der Waals surface area contributed by atoms with Crippen molar-refractivity contribution in [2.75, 3.05) is 18.0 Å². The van der Waals surface area contributed by atoms with Gasteiger partial charge in [0.25, 0.3) is 0 Å². The number of hydrogen-bond acceptors (Lipinski definition) is 2. The van der Waals surface area contributed by atoms with E-state index in [0.29, 0.717) is 24.9 Å². The molecule has 2 heterocycles. The minimum atomic E-state index is -0.650. The number of nitrogens with zero attached hydrogens (tertiary/aromatic N) is 1. The third-order valence-corrected chi connectivity index (χ3v) is 4.96. The highest BCUT2D eigenvalue weighted by atomic mass is 19.1. The second-order valence-corrected chi connectivity index (χ2v) is 6.14. The Morgan fingerprint density at radius 2 is 1.90 bits per heavy atom. The maximum absolute atomic E-state index is 14.7. The van der Waals surface area contributed by atoms with Gasteiger partial charge in [-0.15, -0.1) is 0 Å². The lowest BCUT2D eigenvalue weighted by atomic mass is 10.0. The Bertz CT molecular complexity index is 759. The predicted octanol–water partition coefficient (Wildman–Crippen LogP) is 3.04. The summed E-state index contributed by atoms with van der Waals surface area (Å²) in [6, 6.07) is 2.43. The summed E-state index contributed by atoms with van der Waals surface area (Å²) >= 11 is 0. The van der Waals surface area contributed by atoms with Crippen molar-refractivity contribution in [3.8, 4) is 0 Å². The van der Waals surface area contributed by atoms with E-state index in [1.54, 1.807) is 0 Å². The first-order chi connectivity index (χ1) is 10.1. The average molecular weight is 290 g/mol. The summed E-state index contributed by atoms with van der Waals surface area (Å²) in [5, 5.41) is 0.0654. The van der Waals surface area contributed by atoms with Gasteiger partial charge in [0, 0.05) is 25.4 Å². The van der Waals surface area contributed by atoms with E-state index < -0.39 is 11.6 Å². The molecular weight excluding hydrogens is 274 g/mol. The summed E-state index contributed by atoms with van der Waals surface area (Å²) < 4.78 is 29.0. The summed E-state index contributed by atoms with van der Waals surface area (Å²) in [4.78, 5) is 16.3. The zero-order valence-electron chi connectivity index (χ0n) is 11.5. The van der Waals surface area contributed by atoms with Gasteiger partial charge in [0.2, 0.25) is 0 Å². The Balaban J connectivity index is 1.84. The second-order valence-electron chi connectivity index (χ2n) is 6.14. The van der Waals surface area contributed by atoms with Crippen LogP contribution in [0.15, 0.2) is 23.1 Å². The molecule has 0 radical (unpaired) electrons. The predicted molar refractivity (Wildman–Crippen MR) is 77.5 cm³/mol. The summed E-state index contributed by atoms with van der Waals surface area (Å²) in [7, 11) is 0. The van der Waals surface area contributed by atoms with E-state index in [0.717, 1.165) is 18.9 Å². The molecule has 0 bridgehead atoms. The Morgan fingerprint density at radius 1 is 1.19 bits per heavy atom. The van der Waals surface area contributed by atoms with Crippen LogP contribution in [0, 0.1) is 23.5 Å². The highest BCUT2D eigenvalue weighted by Crippen LogP contribution is 2.41. The minimum absolute atomic E-state index is 0.0127. The smallest absolute Gasteiger partial charge is 0.189 e. The van der Waals surface area contributed by atoms with Gasteiger partial charge < -0.3 is 9.88 Å². The van der Waals surface area contributed by atoms with Gasteiger partial charge >= 0.3 is 0 Å². The van der Waals surface area contributed by atoms with Crippen molar-refractivity contribution < 1.29 is 8.78 Å². The number of H-pyrrole nitrogens is 1. The zero-order valence-corrected chi connectivity index (χ0v) is 11.5. The van der Waals surface area contributed by atoms with Gasteiger partial charge in [-0.3, -0.25) is 4.79 Å². The van der Waals surface area contributed by atoms with Gasteiger partial charge in [0.1, 0.15) is 11.5 Å². The number of rotatable bonds is 1. The average Bonchev–Trinajstić information content (AvgIpc) is 3.01. The monoisotopic (exact) mass is 290 g/mol. The van der Waals surface area contributed by atoms with Crippen LogP contribution in [0.2, 0.25) is 0 Å². The number of hydrogen-bond donors (Lipinski definition) is 1. The third kappa shape index (κ3) is 1.87. The molecule has 1 aromatic heterocycles. The van der Waals surface area contributed by atoms with E-state index in [-0.39, 0.29) is 22.0 Å². The first-order valence-electron chi connectivity index (χ1n) is 7.39. The number of aromatic amines is 1. The summed E-state index contributed by atoms with van der Waals surface area (Å²) in [5.74, 6) is -0.192. The Morgan fingerprint density at radius 3 is 2.62 bits per heavy atom. The molecular formula is C16H16F2N2O. The fraction of sp³-hybridized carbons (Fsp3) is 0.438. The minimum Gasteiger partial charge on any atom is -0.366 e.